The third-order valence-corrected chi connectivity index (χ3v) is 5.58. The van der Waals surface area contributed by atoms with Gasteiger partial charge in [-0.1, -0.05) is 19.3 Å². The molecule has 2 nitrogen and oxygen atoms in total. The van der Waals surface area contributed by atoms with E-state index in [1.165, 1.54) is 25.7 Å². The molecule has 17 heavy (non-hydrogen) atoms. The van der Waals surface area contributed by atoms with Gasteiger partial charge in [-0.2, -0.15) is 0 Å². The number of carbonyl (C=O) groups excluding carboxylic acids is 1. The molecule has 3 saturated carbocycles. The van der Waals surface area contributed by atoms with Gasteiger partial charge in [-0.15, -0.1) is 11.6 Å². The van der Waals surface area contributed by atoms with Crippen LogP contribution in [0.3, 0.4) is 0 Å². The molecule has 3 fully saturated rings. The van der Waals surface area contributed by atoms with Crippen LogP contribution in [-0.2, 0) is 4.79 Å². The third kappa shape index (κ3) is 2.33. The van der Waals surface area contributed by atoms with Gasteiger partial charge in [-0.25, -0.2) is 0 Å². The second-order valence-electron chi connectivity index (χ2n) is 6.39. The molecule has 3 aliphatic rings. The summed E-state index contributed by atoms with van der Waals surface area (Å²) in [6, 6.07) is 0. The summed E-state index contributed by atoms with van der Waals surface area (Å²) in [5.41, 5.74) is -0.0797. The number of halogens is 1. The van der Waals surface area contributed by atoms with Crippen molar-refractivity contribution >= 4 is 17.5 Å². The van der Waals surface area contributed by atoms with Crippen molar-refractivity contribution in [2.45, 2.75) is 56.9 Å². The minimum Gasteiger partial charge on any atom is -0.349 e. The highest BCUT2D eigenvalue weighted by molar-refractivity contribution is 6.18. The number of nitrogens with one attached hydrogen (secondary N) is 1. The fraction of sp³-hybridized carbons (Fsp3) is 0.929. The number of carbonyl (C=O) groups is 1. The van der Waals surface area contributed by atoms with Crippen molar-refractivity contribution in [1.29, 1.82) is 0 Å². The van der Waals surface area contributed by atoms with E-state index in [1.807, 2.05) is 0 Å². The molecule has 0 saturated heterocycles. The monoisotopic (exact) mass is 255 g/mol. The van der Waals surface area contributed by atoms with E-state index >= 15 is 0 Å². The number of fused-ring (bicyclic) bond motifs is 1. The van der Waals surface area contributed by atoms with Crippen LogP contribution in [0.25, 0.3) is 0 Å². The lowest BCUT2D eigenvalue weighted by Crippen LogP contribution is -2.52. The predicted molar refractivity (Wildman–Crippen MR) is 69.0 cm³/mol. The molecular formula is C14H22ClNO. The van der Waals surface area contributed by atoms with Crippen LogP contribution in [0.1, 0.15) is 51.4 Å². The van der Waals surface area contributed by atoms with Crippen LogP contribution in [0, 0.1) is 17.8 Å². The average molecular weight is 256 g/mol. The molecule has 0 radical (unpaired) electrons. The molecule has 1 N–H and O–H groups in total. The number of alkyl halides is 1. The van der Waals surface area contributed by atoms with Crippen molar-refractivity contribution in [3.8, 4) is 0 Å². The highest BCUT2D eigenvalue weighted by Crippen LogP contribution is 2.54. The molecule has 2 atom stereocenters. The summed E-state index contributed by atoms with van der Waals surface area (Å²) >= 11 is 6.11. The second-order valence-corrected chi connectivity index (χ2v) is 6.66. The Balaban J connectivity index is 1.58. The maximum Gasteiger partial charge on any atom is 0.223 e. The molecule has 0 bridgehead atoms. The minimum absolute atomic E-state index is 0.0797. The summed E-state index contributed by atoms with van der Waals surface area (Å²) in [5.74, 6) is 2.92. The summed E-state index contributed by atoms with van der Waals surface area (Å²) in [4.78, 5) is 12.3. The topological polar surface area (TPSA) is 29.1 Å². The fourth-order valence-corrected chi connectivity index (χ4v) is 4.15. The SMILES string of the molecule is O=C(NC1(CCl)CCCCC1)C1CC2CC2C1. The number of amides is 1. The number of rotatable bonds is 3. The molecule has 2 unspecified atom stereocenters. The van der Waals surface area contributed by atoms with Gasteiger partial charge in [0.05, 0.1) is 5.54 Å². The smallest absolute Gasteiger partial charge is 0.223 e. The van der Waals surface area contributed by atoms with Crippen LogP contribution in [-0.4, -0.2) is 17.3 Å². The highest BCUT2D eigenvalue weighted by Gasteiger charge is 2.48. The molecule has 0 aromatic rings. The molecule has 1 amide bonds. The zero-order chi connectivity index (χ0) is 11.9. The van der Waals surface area contributed by atoms with Crippen molar-refractivity contribution in [2.24, 2.45) is 17.8 Å². The van der Waals surface area contributed by atoms with E-state index in [4.69, 9.17) is 11.6 Å². The molecule has 0 aromatic heterocycles. The van der Waals surface area contributed by atoms with Crippen LogP contribution in [0.5, 0.6) is 0 Å². The molecular weight excluding hydrogens is 234 g/mol. The van der Waals surface area contributed by atoms with E-state index in [1.54, 1.807) is 0 Å². The fourth-order valence-electron chi connectivity index (χ4n) is 3.81. The Bertz CT molecular complexity index is 301. The predicted octanol–water partition coefficient (Wildman–Crippen LogP) is 3.09. The summed E-state index contributed by atoms with van der Waals surface area (Å²) in [7, 11) is 0. The Morgan fingerprint density at radius 2 is 1.76 bits per heavy atom. The van der Waals surface area contributed by atoms with E-state index in [-0.39, 0.29) is 5.54 Å². The van der Waals surface area contributed by atoms with Gasteiger partial charge in [0, 0.05) is 11.8 Å². The van der Waals surface area contributed by atoms with Gasteiger partial charge in [0.2, 0.25) is 5.91 Å². The first-order chi connectivity index (χ1) is 8.22. The normalized spacial score (nSPS) is 38.5. The quantitative estimate of drug-likeness (QED) is 0.772. The molecule has 0 aliphatic heterocycles. The third-order valence-electron chi connectivity index (χ3n) is 5.07. The first-order valence-electron chi connectivity index (χ1n) is 7.10. The van der Waals surface area contributed by atoms with Gasteiger partial charge in [-0.05, 0) is 43.9 Å². The van der Waals surface area contributed by atoms with E-state index < -0.39 is 0 Å². The lowest BCUT2D eigenvalue weighted by atomic mass is 9.82. The molecule has 0 spiro atoms. The Kier molecular flexibility index (Phi) is 3.10. The lowest BCUT2D eigenvalue weighted by Gasteiger charge is -2.37. The molecule has 3 rings (SSSR count). The summed E-state index contributed by atoms with van der Waals surface area (Å²) in [6.45, 7) is 0. The van der Waals surface area contributed by atoms with Crippen molar-refractivity contribution in [2.75, 3.05) is 5.88 Å². The summed E-state index contributed by atoms with van der Waals surface area (Å²) in [6.07, 6.45) is 9.51. The first-order valence-corrected chi connectivity index (χ1v) is 7.64. The van der Waals surface area contributed by atoms with E-state index in [0.717, 1.165) is 37.5 Å². The van der Waals surface area contributed by atoms with E-state index in [2.05, 4.69) is 5.32 Å². The van der Waals surface area contributed by atoms with Crippen molar-refractivity contribution < 1.29 is 4.79 Å². The Morgan fingerprint density at radius 3 is 2.35 bits per heavy atom. The molecule has 0 aromatic carbocycles. The van der Waals surface area contributed by atoms with Crippen molar-refractivity contribution in [1.82, 2.24) is 5.32 Å². The maximum atomic E-state index is 12.3. The minimum atomic E-state index is -0.0797. The Labute approximate surface area is 108 Å². The summed E-state index contributed by atoms with van der Waals surface area (Å²) in [5, 5.41) is 3.29. The maximum absolute atomic E-state index is 12.3. The number of hydrogen-bond donors (Lipinski definition) is 1. The molecule has 96 valence electrons. The van der Waals surface area contributed by atoms with Crippen LogP contribution in [0.2, 0.25) is 0 Å². The van der Waals surface area contributed by atoms with Gasteiger partial charge >= 0.3 is 0 Å². The summed E-state index contributed by atoms with van der Waals surface area (Å²) < 4.78 is 0. The van der Waals surface area contributed by atoms with Gasteiger partial charge in [0.1, 0.15) is 0 Å². The second kappa shape index (κ2) is 4.46. The Morgan fingerprint density at radius 1 is 1.12 bits per heavy atom. The van der Waals surface area contributed by atoms with Gasteiger partial charge in [0.15, 0.2) is 0 Å². The van der Waals surface area contributed by atoms with Gasteiger partial charge < -0.3 is 5.32 Å². The van der Waals surface area contributed by atoms with Crippen LogP contribution < -0.4 is 5.32 Å². The zero-order valence-corrected chi connectivity index (χ0v) is 11.1. The average Bonchev–Trinajstić information content (AvgIpc) is 2.97. The van der Waals surface area contributed by atoms with E-state index in [9.17, 15) is 4.79 Å². The molecule has 0 heterocycles. The number of hydrogen-bond acceptors (Lipinski definition) is 1. The zero-order valence-electron chi connectivity index (χ0n) is 10.4. The largest absolute Gasteiger partial charge is 0.349 e. The molecule has 3 aliphatic carbocycles. The first kappa shape index (κ1) is 11.8. The van der Waals surface area contributed by atoms with Gasteiger partial charge in [0.25, 0.3) is 0 Å². The van der Waals surface area contributed by atoms with Crippen molar-refractivity contribution in [3.05, 3.63) is 0 Å². The van der Waals surface area contributed by atoms with Crippen LogP contribution in [0.15, 0.2) is 0 Å². The Hall–Kier alpha value is -0.240. The lowest BCUT2D eigenvalue weighted by molar-refractivity contribution is -0.127. The standard InChI is InChI=1S/C14H22ClNO/c15-9-14(4-2-1-3-5-14)16-13(17)12-7-10-6-11(10)8-12/h10-12H,1-9H2,(H,16,17). The van der Waals surface area contributed by atoms with E-state index in [0.29, 0.717) is 17.7 Å². The molecule has 3 heteroatoms. The van der Waals surface area contributed by atoms with Gasteiger partial charge in [-0.3, -0.25) is 4.79 Å². The van der Waals surface area contributed by atoms with Crippen LogP contribution in [0.4, 0.5) is 0 Å². The highest BCUT2D eigenvalue weighted by atomic mass is 35.5. The van der Waals surface area contributed by atoms with Crippen LogP contribution >= 0.6 is 11.6 Å². The van der Waals surface area contributed by atoms with Crippen molar-refractivity contribution in [3.63, 3.8) is 0 Å².